The number of carbonyl (C=O) groups is 1. The van der Waals surface area contributed by atoms with Gasteiger partial charge in [0, 0.05) is 4.47 Å². The Morgan fingerprint density at radius 1 is 0.931 bits per heavy atom. The minimum absolute atomic E-state index is 0.0750. The zero-order valence-electron chi connectivity index (χ0n) is 16.5. The molecule has 1 N–H and O–H groups in total. The van der Waals surface area contributed by atoms with Crippen LogP contribution in [-0.2, 0) is 11.4 Å². The molecule has 3 aromatic carbocycles. The van der Waals surface area contributed by atoms with Crippen LogP contribution in [0.15, 0.2) is 77.3 Å². The molecule has 5 heteroatoms. The lowest BCUT2D eigenvalue weighted by Gasteiger charge is -2.15. The summed E-state index contributed by atoms with van der Waals surface area (Å²) in [4.78, 5) is 12.5. The van der Waals surface area contributed by atoms with Crippen molar-refractivity contribution in [2.24, 2.45) is 0 Å². The summed E-state index contributed by atoms with van der Waals surface area (Å²) in [5.41, 5.74) is 2.74. The van der Waals surface area contributed by atoms with Gasteiger partial charge in [0.25, 0.3) is 5.91 Å². The highest BCUT2D eigenvalue weighted by molar-refractivity contribution is 9.10. The Balaban J connectivity index is 1.61. The molecular formula is C24H24BrNO3. The first-order valence-corrected chi connectivity index (χ1v) is 10.3. The summed E-state index contributed by atoms with van der Waals surface area (Å²) in [6.45, 7) is 4.54. The number of carbonyl (C=O) groups excluding carboxylic acids is 1. The van der Waals surface area contributed by atoms with Crippen LogP contribution in [0, 0.1) is 0 Å². The lowest BCUT2D eigenvalue weighted by molar-refractivity contribution is -0.118. The molecule has 0 unspecified atom stereocenters. The summed E-state index contributed by atoms with van der Waals surface area (Å²) in [6, 6.07) is 23.1. The van der Waals surface area contributed by atoms with Crippen LogP contribution in [-0.4, -0.2) is 12.5 Å². The number of para-hydroxylation sites is 2. The Morgan fingerprint density at radius 3 is 2.41 bits per heavy atom. The third-order valence-corrected chi connectivity index (χ3v) is 4.84. The van der Waals surface area contributed by atoms with E-state index in [9.17, 15) is 4.79 Å². The molecule has 0 atom stereocenters. The number of ether oxygens (including phenoxy) is 2. The van der Waals surface area contributed by atoms with E-state index >= 15 is 0 Å². The van der Waals surface area contributed by atoms with E-state index in [-0.39, 0.29) is 18.4 Å². The molecule has 0 saturated carbocycles. The van der Waals surface area contributed by atoms with Crippen LogP contribution in [0.1, 0.15) is 30.9 Å². The third-order valence-electron chi connectivity index (χ3n) is 4.35. The zero-order valence-corrected chi connectivity index (χ0v) is 18.1. The number of hydrogen-bond donors (Lipinski definition) is 1. The van der Waals surface area contributed by atoms with Gasteiger partial charge in [0.2, 0.25) is 0 Å². The van der Waals surface area contributed by atoms with Gasteiger partial charge >= 0.3 is 0 Å². The number of benzene rings is 3. The highest BCUT2D eigenvalue weighted by Gasteiger charge is 2.12. The minimum atomic E-state index is -0.238. The van der Waals surface area contributed by atoms with Crippen LogP contribution in [0.3, 0.4) is 0 Å². The molecule has 0 aliphatic rings. The standard InChI is InChI=1S/C24H24BrNO3/c1-17(2)20-14-19(25)12-13-22(20)29-16-24(27)26-21-10-6-7-11-23(21)28-15-18-8-4-3-5-9-18/h3-14,17H,15-16H2,1-2H3,(H,26,27). The van der Waals surface area contributed by atoms with E-state index in [1.54, 1.807) is 0 Å². The average Bonchev–Trinajstić information content (AvgIpc) is 2.73. The normalized spacial score (nSPS) is 10.6. The Morgan fingerprint density at radius 2 is 1.66 bits per heavy atom. The molecule has 150 valence electrons. The minimum Gasteiger partial charge on any atom is -0.487 e. The van der Waals surface area contributed by atoms with Crippen molar-refractivity contribution in [2.75, 3.05) is 11.9 Å². The first kappa shape index (κ1) is 20.9. The van der Waals surface area contributed by atoms with Crippen molar-refractivity contribution in [1.82, 2.24) is 0 Å². The van der Waals surface area contributed by atoms with E-state index in [0.717, 1.165) is 15.6 Å². The predicted octanol–water partition coefficient (Wildman–Crippen LogP) is 6.17. The topological polar surface area (TPSA) is 47.6 Å². The molecule has 0 aromatic heterocycles. The van der Waals surface area contributed by atoms with Gasteiger partial charge in [-0.05, 0) is 47.4 Å². The number of hydrogen-bond acceptors (Lipinski definition) is 3. The fraction of sp³-hybridized carbons (Fsp3) is 0.208. The Hall–Kier alpha value is -2.79. The van der Waals surface area contributed by atoms with Crippen LogP contribution in [0.2, 0.25) is 0 Å². The summed E-state index contributed by atoms with van der Waals surface area (Å²) >= 11 is 3.48. The highest BCUT2D eigenvalue weighted by Crippen LogP contribution is 2.30. The molecule has 0 radical (unpaired) electrons. The van der Waals surface area contributed by atoms with Gasteiger partial charge in [-0.2, -0.15) is 0 Å². The summed E-state index contributed by atoms with van der Waals surface area (Å²) < 4.78 is 12.7. The summed E-state index contributed by atoms with van der Waals surface area (Å²) in [6.07, 6.45) is 0. The highest BCUT2D eigenvalue weighted by atomic mass is 79.9. The lowest BCUT2D eigenvalue weighted by Crippen LogP contribution is -2.21. The maximum Gasteiger partial charge on any atom is 0.262 e. The van der Waals surface area contributed by atoms with E-state index in [4.69, 9.17) is 9.47 Å². The molecule has 0 bridgehead atoms. The molecule has 3 rings (SSSR count). The van der Waals surface area contributed by atoms with Gasteiger partial charge < -0.3 is 14.8 Å². The van der Waals surface area contributed by atoms with E-state index in [0.29, 0.717) is 23.8 Å². The van der Waals surface area contributed by atoms with Crippen LogP contribution < -0.4 is 14.8 Å². The van der Waals surface area contributed by atoms with Gasteiger partial charge in [-0.3, -0.25) is 4.79 Å². The van der Waals surface area contributed by atoms with Crippen molar-refractivity contribution < 1.29 is 14.3 Å². The number of rotatable bonds is 8. The average molecular weight is 454 g/mol. The Kier molecular flexibility index (Phi) is 7.30. The number of nitrogens with one attached hydrogen (secondary N) is 1. The smallest absolute Gasteiger partial charge is 0.262 e. The number of anilines is 1. The van der Waals surface area contributed by atoms with E-state index in [2.05, 4.69) is 35.1 Å². The van der Waals surface area contributed by atoms with Crippen molar-refractivity contribution in [3.05, 3.63) is 88.4 Å². The summed E-state index contributed by atoms with van der Waals surface area (Å²) in [5.74, 6) is 1.39. The SMILES string of the molecule is CC(C)c1cc(Br)ccc1OCC(=O)Nc1ccccc1OCc1ccccc1. The van der Waals surface area contributed by atoms with Crippen molar-refractivity contribution in [3.8, 4) is 11.5 Å². The molecule has 0 aliphatic carbocycles. The van der Waals surface area contributed by atoms with Crippen molar-refractivity contribution in [1.29, 1.82) is 0 Å². The third kappa shape index (κ3) is 6.09. The van der Waals surface area contributed by atoms with Crippen LogP contribution in [0.4, 0.5) is 5.69 Å². The van der Waals surface area contributed by atoms with Crippen molar-refractivity contribution in [3.63, 3.8) is 0 Å². The molecule has 0 spiro atoms. The van der Waals surface area contributed by atoms with Crippen LogP contribution >= 0.6 is 15.9 Å². The van der Waals surface area contributed by atoms with E-state index < -0.39 is 0 Å². The van der Waals surface area contributed by atoms with Crippen molar-refractivity contribution >= 4 is 27.5 Å². The quantitative estimate of drug-likeness (QED) is 0.443. The first-order valence-electron chi connectivity index (χ1n) is 9.51. The van der Waals surface area contributed by atoms with Crippen molar-refractivity contribution in [2.45, 2.75) is 26.4 Å². The second-order valence-electron chi connectivity index (χ2n) is 6.94. The van der Waals surface area contributed by atoms with Gasteiger partial charge in [0.1, 0.15) is 18.1 Å². The first-order chi connectivity index (χ1) is 14.0. The fourth-order valence-electron chi connectivity index (χ4n) is 2.86. The maximum absolute atomic E-state index is 12.5. The molecule has 0 fully saturated rings. The van der Waals surface area contributed by atoms with E-state index in [1.807, 2.05) is 72.8 Å². The number of amides is 1. The molecule has 29 heavy (non-hydrogen) atoms. The monoisotopic (exact) mass is 453 g/mol. The zero-order chi connectivity index (χ0) is 20.6. The van der Waals surface area contributed by atoms with Crippen LogP contribution in [0.5, 0.6) is 11.5 Å². The lowest BCUT2D eigenvalue weighted by atomic mass is 10.0. The van der Waals surface area contributed by atoms with Gasteiger partial charge in [-0.1, -0.05) is 72.2 Å². The second kappa shape index (κ2) is 10.1. The molecular weight excluding hydrogens is 430 g/mol. The summed E-state index contributed by atoms with van der Waals surface area (Å²) in [5, 5.41) is 2.88. The van der Waals surface area contributed by atoms with Gasteiger partial charge in [0.15, 0.2) is 6.61 Å². The fourth-order valence-corrected chi connectivity index (χ4v) is 3.24. The summed E-state index contributed by atoms with van der Waals surface area (Å²) in [7, 11) is 0. The maximum atomic E-state index is 12.5. The van der Waals surface area contributed by atoms with Crippen LogP contribution in [0.25, 0.3) is 0 Å². The van der Waals surface area contributed by atoms with E-state index in [1.165, 1.54) is 0 Å². The Labute approximate surface area is 180 Å². The second-order valence-corrected chi connectivity index (χ2v) is 7.86. The predicted molar refractivity (Wildman–Crippen MR) is 120 cm³/mol. The molecule has 0 aliphatic heterocycles. The number of halogens is 1. The van der Waals surface area contributed by atoms with Gasteiger partial charge in [-0.15, -0.1) is 0 Å². The van der Waals surface area contributed by atoms with Gasteiger partial charge in [-0.25, -0.2) is 0 Å². The largest absolute Gasteiger partial charge is 0.487 e. The molecule has 1 amide bonds. The molecule has 0 saturated heterocycles. The molecule has 3 aromatic rings. The molecule has 0 heterocycles. The Bertz CT molecular complexity index is 957. The molecule has 4 nitrogen and oxygen atoms in total. The van der Waals surface area contributed by atoms with Gasteiger partial charge in [0.05, 0.1) is 5.69 Å².